The molecule has 1 aromatic carbocycles. The minimum absolute atomic E-state index is 0.534. The molecule has 0 unspecified atom stereocenters. The first-order valence-corrected chi connectivity index (χ1v) is 5.87. The van der Waals surface area contributed by atoms with Gasteiger partial charge in [0.05, 0.1) is 27.4 Å². The Labute approximate surface area is 103 Å². The van der Waals surface area contributed by atoms with Gasteiger partial charge in [0.15, 0.2) is 0 Å². The zero-order valence-corrected chi connectivity index (χ0v) is 10.1. The topological polar surface area (TPSA) is 17.8 Å². The first kappa shape index (κ1) is 11.1. The van der Waals surface area contributed by atoms with Gasteiger partial charge in [-0.2, -0.15) is 0 Å². The average molecular weight is 264 g/mol. The van der Waals surface area contributed by atoms with Crippen molar-refractivity contribution in [2.45, 2.75) is 13.0 Å². The molecule has 0 radical (unpaired) electrons. The molecule has 0 aliphatic carbocycles. The summed E-state index contributed by atoms with van der Waals surface area (Å²) in [6.07, 6.45) is 2.69. The quantitative estimate of drug-likeness (QED) is 0.766. The molecule has 2 nitrogen and oxygen atoms in total. The van der Waals surface area contributed by atoms with E-state index in [0.29, 0.717) is 15.9 Å². The summed E-state index contributed by atoms with van der Waals surface area (Å²) in [7, 11) is 0. The van der Waals surface area contributed by atoms with E-state index in [4.69, 9.17) is 34.8 Å². The maximum atomic E-state index is 5.95. The van der Waals surface area contributed by atoms with Gasteiger partial charge in [-0.05, 0) is 18.6 Å². The van der Waals surface area contributed by atoms with Gasteiger partial charge in [0.1, 0.15) is 0 Å². The predicted octanol–water partition coefficient (Wildman–Crippen LogP) is 3.97. The Bertz CT molecular complexity index is 479. The lowest BCUT2D eigenvalue weighted by Crippen LogP contribution is -1.96. The van der Waals surface area contributed by atoms with E-state index >= 15 is 0 Å². The molecule has 0 aliphatic rings. The number of nitrogens with zero attached hydrogens (tertiary/aromatic N) is 2. The Morgan fingerprint density at radius 2 is 1.93 bits per heavy atom. The van der Waals surface area contributed by atoms with Gasteiger partial charge in [0.25, 0.3) is 0 Å². The summed E-state index contributed by atoms with van der Waals surface area (Å²) in [5.41, 5.74) is 1.86. The van der Waals surface area contributed by atoms with Crippen LogP contribution in [0.15, 0.2) is 18.5 Å². The number of fused-ring (bicyclic) bond motifs is 1. The lowest BCUT2D eigenvalue weighted by Gasteiger charge is -2.02. The van der Waals surface area contributed by atoms with Crippen LogP contribution in [0.25, 0.3) is 11.0 Å². The second kappa shape index (κ2) is 4.60. The molecule has 1 heterocycles. The van der Waals surface area contributed by atoms with Crippen molar-refractivity contribution < 1.29 is 0 Å². The van der Waals surface area contributed by atoms with Crippen molar-refractivity contribution in [3.05, 3.63) is 28.5 Å². The summed E-state index contributed by atoms with van der Waals surface area (Å²) in [6, 6.07) is 3.61. The first-order valence-electron chi connectivity index (χ1n) is 4.58. The monoisotopic (exact) mass is 262 g/mol. The van der Waals surface area contributed by atoms with Crippen LogP contribution in [0.3, 0.4) is 0 Å². The number of aromatic nitrogens is 2. The fourth-order valence-corrected chi connectivity index (χ4v) is 1.90. The highest BCUT2D eigenvalue weighted by Gasteiger charge is 2.06. The molecule has 0 spiro atoms. The summed E-state index contributed by atoms with van der Waals surface area (Å²) < 4.78 is 2.03. The SMILES string of the molecule is ClCCCn1cnc2cc(Cl)c(Cl)cc21. The summed E-state index contributed by atoms with van der Waals surface area (Å²) >= 11 is 17.5. The Morgan fingerprint density at radius 1 is 1.20 bits per heavy atom. The second-order valence-electron chi connectivity index (χ2n) is 3.24. The van der Waals surface area contributed by atoms with Gasteiger partial charge in [0, 0.05) is 12.4 Å². The number of alkyl halides is 1. The number of hydrogen-bond acceptors (Lipinski definition) is 1. The third kappa shape index (κ3) is 2.22. The average Bonchev–Trinajstić information content (AvgIpc) is 2.59. The van der Waals surface area contributed by atoms with Crippen LogP contribution in [0, 0.1) is 0 Å². The fourth-order valence-electron chi connectivity index (χ4n) is 1.46. The van der Waals surface area contributed by atoms with Gasteiger partial charge in [0.2, 0.25) is 0 Å². The molecule has 0 saturated carbocycles. The maximum Gasteiger partial charge on any atom is 0.0958 e. The van der Waals surface area contributed by atoms with Gasteiger partial charge in [-0.15, -0.1) is 11.6 Å². The number of rotatable bonds is 3. The standard InChI is InChI=1S/C10H9Cl3N2/c11-2-1-3-15-6-14-9-4-7(12)8(13)5-10(9)15/h4-6H,1-3H2. The zero-order valence-electron chi connectivity index (χ0n) is 7.88. The minimum atomic E-state index is 0.534. The van der Waals surface area contributed by atoms with E-state index in [2.05, 4.69) is 4.98 Å². The maximum absolute atomic E-state index is 5.95. The van der Waals surface area contributed by atoms with Crippen LogP contribution in [-0.4, -0.2) is 15.4 Å². The normalized spacial score (nSPS) is 11.1. The Balaban J connectivity index is 2.45. The highest BCUT2D eigenvalue weighted by Crippen LogP contribution is 2.27. The molecule has 0 bridgehead atoms. The third-order valence-corrected chi connectivity index (χ3v) is 3.19. The number of benzene rings is 1. The van der Waals surface area contributed by atoms with Crippen molar-refractivity contribution in [1.82, 2.24) is 9.55 Å². The summed E-state index contributed by atoms with van der Waals surface area (Å²) in [4.78, 5) is 4.25. The number of hydrogen-bond donors (Lipinski definition) is 0. The lowest BCUT2D eigenvalue weighted by molar-refractivity contribution is 0.700. The van der Waals surface area contributed by atoms with Crippen molar-refractivity contribution in [3.8, 4) is 0 Å². The number of imidazole rings is 1. The molecule has 0 fully saturated rings. The van der Waals surface area contributed by atoms with Crippen LogP contribution in [0.4, 0.5) is 0 Å². The van der Waals surface area contributed by atoms with Crippen molar-refractivity contribution in [2.75, 3.05) is 5.88 Å². The van der Waals surface area contributed by atoms with Gasteiger partial charge in [-0.3, -0.25) is 0 Å². The van der Waals surface area contributed by atoms with Gasteiger partial charge < -0.3 is 4.57 Å². The predicted molar refractivity (Wildman–Crippen MR) is 65.1 cm³/mol. The molecule has 0 atom stereocenters. The van der Waals surface area contributed by atoms with Crippen molar-refractivity contribution in [3.63, 3.8) is 0 Å². The summed E-state index contributed by atoms with van der Waals surface area (Å²) in [5, 5.41) is 1.09. The van der Waals surface area contributed by atoms with Gasteiger partial charge in [-0.25, -0.2) is 4.98 Å². The van der Waals surface area contributed by atoms with E-state index in [9.17, 15) is 0 Å². The molecular formula is C10H9Cl3N2. The van der Waals surface area contributed by atoms with Crippen LogP contribution in [-0.2, 0) is 6.54 Å². The van der Waals surface area contributed by atoms with E-state index < -0.39 is 0 Å². The lowest BCUT2D eigenvalue weighted by atomic mass is 10.3. The van der Waals surface area contributed by atoms with Crippen molar-refractivity contribution in [2.24, 2.45) is 0 Å². The fraction of sp³-hybridized carbons (Fsp3) is 0.300. The van der Waals surface area contributed by atoms with Crippen LogP contribution < -0.4 is 0 Å². The van der Waals surface area contributed by atoms with E-state index in [1.54, 1.807) is 12.4 Å². The smallest absolute Gasteiger partial charge is 0.0958 e. The molecular weight excluding hydrogens is 254 g/mol. The van der Waals surface area contributed by atoms with E-state index in [0.717, 1.165) is 24.0 Å². The van der Waals surface area contributed by atoms with E-state index in [1.165, 1.54) is 0 Å². The number of halogens is 3. The van der Waals surface area contributed by atoms with E-state index in [1.807, 2.05) is 10.6 Å². The van der Waals surface area contributed by atoms with Gasteiger partial charge >= 0.3 is 0 Å². The summed E-state index contributed by atoms with van der Waals surface area (Å²) in [5.74, 6) is 0.640. The van der Waals surface area contributed by atoms with Crippen molar-refractivity contribution in [1.29, 1.82) is 0 Å². The van der Waals surface area contributed by atoms with Crippen LogP contribution >= 0.6 is 34.8 Å². The van der Waals surface area contributed by atoms with Crippen molar-refractivity contribution >= 4 is 45.8 Å². The zero-order chi connectivity index (χ0) is 10.8. The Hall–Kier alpha value is -0.440. The molecule has 0 aliphatic heterocycles. The highest BCUT2D eigenvalue weighted by molar-refractivity contribution is 6.42. The largest absolute Gasteiger partial charge is 0.331 e. The molecule has 2 aromatic rings. The molecule has 15 heavy (non-hydrogen) atoms. The van der Waals surface area contributed by atoms with Gasteiger partial charge in [-0.1, -0.05) is 23.2 Å². The minimum Gasteiger partial charge on any atom is -0.331 e. The molecule has 0 amide bonds. The Morgan fingerprint density at radius 3 is 2.67 bits per heavy atom. The third-order valence-electron chi connectivity index (χ3n) is 2.20. The molecule has 0 N–H and O–H groups in total. The van der Waals surface area contributed by atoms with Crippen LogP contribution in [0.2, 0.25) is 10.0 Å². The first-order chi connectivity index (χ1) is 7.22. The molecule has 1 aromatic heterocycles. The molecule has 0 saturated heterocycles. The molecule has 5 heteroatoms. The summed E-state index contributed by atoms with van der Waals surface area (Å²) in [6.45, 7) is 0.845. The van der Waals surface area contributed by atoms with Crippen LogP contribution in [0.5, 0.6) is 0 Å². The van der Waals surface area contributed by atoms with E-state index in [-0.39, 0.29) is 0 Å². The molecule has 2 rings (SSSR count). The number of aryl methyl sites for hydroxylation is 1. The molecule has 80 valence electrons. The van der Waals surface area contributed by atoms with Crippen LogP contribution in [0.1, 0.15) is 6.42 Å². The highest BCUT2D eigenvalue weighted by atomic mass is 35.5. The second-order valence-corrected chi connectivity index (χ2v) is 4.43. The Kier molecular flexibility index (Phi) is 3.39.